The number of fused-ring (bicyclic) bond motifs is 1. The molecule has 23 heavy (non-hydrogen) atoms. The first-order chi connectivity index (χ1) is 11.1. The second-order valence-electron chi connectivity index (χ2n) is 5.59. The van der Waals surface area contributed by atoms with Crippen molar-refractivity contribution >= 4 is 18.1 Å². The van der Waals surface area contributed by atoms with Crippen LogP contribution in [0.5, 0.6) is 0 Å². The van der Waals surface area contributed by atoms with Gasteiger partial charge in [-0.15, -0.1) is 0 Å². The summed E-state index contributed by atoms with van der Waals surface area (Å²) in [4.78, 5) is 38.6. The van der Waals surface area contributed by atoms with E-state index in [1.54, 1.807) is 0 Å². The summed E-state index contributed by atoms with van der Waals surface area (Å²) in [5.74, 6) is -0.313. The molecule has 7 heteroatoms. The Morgan fingerprint density at radius 3 is 2.61 bits per heavy atom. The van der Waals surface area contributed by atoms with E-state index >= 15 is 0 Å². The molecule has 0 aromatic heterocycles. The fourth-order valence-electron chi connectivity index (χ4n) is 3.21. The van der Waals surface area contributed by atoms with E-state index in [-0.39, 0.29) is 31.0 Å². The zero-order valence-corrected chi connectivity index (χ0v) is 12.8. The Morgan fingerprint density at radius 2 is 1.91 bits per heavy atom. The molecule has 2 atom stereocenters. The van der Waals surface area contributed by atoms with Crippen LogP contribution in [-0.4, -0.2) is 53.6 Å². The van der Waals surface area contributed by atoms with Crippen LogP contribution in [0.4, 0.5) is 9.59 Å². The van der Waals surface area contributed by atoms with Gasteiger partial charge in [-0.2, -0.15) is 0 Å². The molecule has 0 aliphatic carbocycles. The quantitative estimate of drug-likeness (QED) is 0.830. The normalized spacial score (nSPS) is 22.9. The van der Waals surface area contributed by atoms with E-state index in [1.165, 1.54) is 12.0 Å². The Kier molecular flexibility index (Phi) is 4.18. The predicted octanol–water partition coefficient (Wildman–Crippen LogP) is 1.76. The Balaban J connectivity index is 1.63. The number of rotatable bonds is 2. The highest BCUT2D eigenvalue weighted by molar-refractivity contribution is 5.95. The van der Waals surface area contributed by atoms with Crippen molar-refractivity contribution in [1.82, 2.24) is 9.80 Å². The molecular weight excluding hydrogens is 300 g/mol. The molecule has 0 radical (unpaired) electrons. The lowest BCUT2D eigenvalue weighted by molar-refractivity contribution is -0.127. The molecule has 122 valence electrons. The smallest absolute Gasteiger partial charge is 0.416 e. The monoisotopic (exact) mass is 318 g/mol. The van der Waals surface area contributed by atoms with Gasteiger partial charge in [0.15, 0.2) is 0 Å². The van der Waals surface area contributed by atoms with Crippen molar-refractivity contribution in [2.24, 2.45) is 0 Å². The van der Waals surface area contributed by atoms with E-state index in [2.05, 4.69) is 4.74 Å². The standard InChI is InChI=1S/C16H18N2O5/c1-22-16(21)18-12-7-8-17(13(12)9-14(18)19)15(20)23-10-11-5-3-2-4-6-11/h2-6,12-13H,7-10H2,1H3/t12-,13+/m0/s1. The minimum absolute atomic E-state index is 0.125. The summed E-state index contributed by atoms with van der Waals surface area (Å²) >= 11 is 0. The number of amides is 3. The van der Waals surface area contributed by atoms with Crippen LogP contribution in [0, 0.1) is 0 Å². The van der Waals surface area contributed by atoms with Crippen LogP contribution >= 0.6 is 0 Å². The summed E-state index contributed by atoms with van der Waals surface area (Å²) < 4.78 is 9.96. The van der Waals surface area contributed by atoms with Gasteiger partial charge >= 0.3 is 12.2 Å². The second-order valence-corrected chi connectivity index (χ2v) is 5.59. The zero-order valence-electron chi connectivity index (χ0n) is 12.8. The number of carbonyl (C=O) groups excluding carboxylic acids is 3. The predicted molar refractivity (Wildman–Crippen MR) is 79.4 cm³/mol. The SMILES string of the molecule is COC(=O)N1C(=O)C[C@@H]2[C@@H]1CCN2C(=O)OCc1ccccc1. The molecular formula is C16H18N2O5. The van der Waals surface area contributed by atoms with E-state index in [9.17, 15) is 14.4 Å². The molecule has 2 saturated heterocycles. The fraction of sp³-hybridized carbons (Fsp3) is 0.438. The molecule has 2 heterocycles. The van der Waals surface area contributed by atoms with E-state index < -0.39 is 12.2 Å². The lowest BCUT2D eigenvalue weighted by Crippen LogP contribution is -2.42. The number of benzene rings is 1. The minimum Gasteiger partial charge on any atom is -0.452 e. The van der Waals surface area contributed by atoms with Gasteiger partial charge in [-0.3, -0.25) is 4.79 Å². The summed E-state index contributed by atoms with van der Waals surface area (Å²) in [5, 5.41) is 0. The lowest BCUT2D eigenvalue weighted by atomic mass is 10.1. The van der Waals surface area contributed by atoms with Gasteiger partial charge in [0.1, 0.15) is 6.61 Å². The van der Waals surface area contributed by atoms with Gasteiger partial charge in [-0.1, -0.05) is 30.3 Å². The zero-order chi connectivity index (χ0) is 16.4. The highest BCUT2D eigenvalue weighted by Crippen LogP contribution is 2.33. The van der Waals surface area contributed by atoms with E-state index in [0.29, 0.717) is 13.0 Å². The van der Waals surface area contributed by atoms with Crippen LogP contribution in [0.1, 0.15) is 18.4 Å². The molecule has 7 nitrogen and oxygen atoms in total. The van der Waals surface area contributed by atoms with Gasteiger partial charge in [0, 0.05) is 13.0 Å². The maximum absolute atomic E-state index is 12.3. The van der Waals surface area contributed by atoms with Gasteiger partial charge < -0.3 is 14.4 Å². The maximum Gasteiger partial charge on any atom is 0.416 e. The molecule has 0 spiro atoms. The van der Waals surface area contributed by atoms with Crippen LogP contribution in [-0.2, 0) is 20.9 Å². The molecule has 3 rings (SSSR count). The fourth-order valence-corrected chi connectivity index (χ4v) is 3.21. The number of imide groups is 1. The molecule has 1 aromatic rings. The topological polar surface area (TPSA) is 76.2 Å². The molecule has 0 saturated carbocycles. The van der Waals surface area contributed by atoms with Crippen molar-refractivity contribution < 1.29 is 23.9 Å². The van der Waals surface area contributed by atoms with Gasteiger partial charge in [0.2, 0.25) is 5.91 Å². The van der Waals surface area contributed by atoms with Gasteiger partial charge in [0.25, 0.3) is 0 Å². The molecule has 0 unspecified atom stereocenters. The maximum atomic E-state index is 12.3. The Bertz CT molecular complexity index is 618. The van der Waals surface area contributed by atoms with Crippen LogP contribution in [0.15, 0.2) is 30.3 Å². The Hall–Kier alpha value is -2.57. The number of hydrogen-bond acceptors (Lipinski definition) is 5. The highest BCUT2D eigenvalue weighted by atomic mass is 16.6. The second kappa shape index (κ2) is 6.28. The third kappa shape index (κ3) is 2.86. The molecule has 2 aliphatic rings. The van der Waals surface area contributed by atoms with Crippen molar-refractivity contribution in [2.45, 2.75) is 31.5 Å². The average Bonchev–Trinajstić information content (AvgIpc) is 3.10. The van der Waals surface area contributed by atoms with Crippen LogP contribution < -0.4 is 0 Å². The van der Waals surface area contributed by atoms with Crippen molar-refractivity contribution in [1.29, 1.82) is 0 Å². The number of ether oxygens (including phenoxy) is 2. The highest BCUT2D eigenvalue weighted by Gasteiger charge is 2.51. The first-order valence-electron chi connectivity index (χ1n) is 7.49. The van der Waals surface area contributed by atoms with Crippen molar-refractivity contribution in [2.75, 3.05) is 13.7 Å². The van der Waals surface area contributed by atoms with Crippen molar-refractivity contribution in [3.05, 3.63) is 35.9 Å². The number of methoxy groups -OCH3 is 1. The van der Waals surface area contributed by atoms with E-state index in [1.807, 2.05) is 30.3 Å². The van der Waals surface area contributed by atoms with Crippen molar-refractivity contribution in [3.8, 4) is 0 Å². The Morgan fingerprint density at radius 1 is 1.17 bits per heavy atom. The first-order valence-corrected chi connectivity index (χ1v) is 7.49. The number of carbonyl (C=O) groups is 3. The molecule has 0 N–H and O–H groups in total. The average molecular weight is 318 g/mol. The Labute approximate surface area is 133 Å². The molecule has 1 aromatic carbocycles. The third-order valence-electron chi connectivity index (χ3n) is 4.31. The molecule has 0 bridgehead atoms. The van der Waals surface area contributed by atoms with Crippen LogP contribution in [0.25, 0.3) is 0 Å². The summed E-state index contributed by atoms with van der Waals surface area (Å²) in [6.07, 6.45) is -0.450. The lowest BCUT2D eigenvalue weighted by Gasteiger charge is -2.23. The summed E-state index contributed by atoms with van der Waals surface area (Å²) in [7, 11) is 1.24. The summed E-state index contributed by atoms with van der Waals surface area (Å²) in [5.41, 5.74) is 0.898. The number of nitrogens with zero attached hydrogens (tertiary/aromatic N) is 2. The number of hydrogen-bond donors (Lipinski definition) is 0. The summed E-state index contributed by atoms with van der Waals surface area (Å²) in [6, 6.07) is 8.74. The largest absolute Gasteiger partial charge is 0.452 e. The molecule has 2 aliphatic heterocycles. The molecule has 2 fully saturated rings. The number of likely N-dealkylation sites (tertiary alicyclic amines) is 2. The third-order valence-corrected chi connectivity index (χ3v) is 4.31. The summed E-state index contributed by atoms with van der Waals surface area (Å²) in [6.45, 7) is 0.645. The van der Waals surface area contributed by atoms with E-state index in [0.717, 1.165) is 10.5 Å². The van der Waals surface area contributed by atoms with Crippen LogP contribution in [0.3, 0.4) is 0 Å². The minimum atomic E-state index is -0.665. The van der Waals surface area contributed by atoms with Gasteiger partial charge in [-0.05, 0) is 12.0 Å². The van der Waals surface area contributed by atoms with Gasteiger partial charge in [-0.25, -0.2) is 14.5 Å². The van der Waals surface area contributed by atoms with E-state index in [4.69, 9.17) is 4.74 Å². The van der Waals surface area contributed by atoms with Crippen LogP contribution in [0.2, 0.25) is 0 Å². The molecule has 3 amide bonds. The first kappa shape index (κ1) is 15.3. The van der Waals surface area contributed by atoms with Crippen molar-refractivity contribution in [3.63, 3.8) is 0 Å². The van der Waals surface area contributed by atoms with Gasteiger partial charge in [0.05, 0.1) is 19.2 Å².